The number of hydrogen-bond acceptors (Lipinski definition) is 6. The van der Waals surface area contributed by atoms with E-state index in [9.17, 15) is 4.79 Å². The predicted octanol–water partition coefficient (Wildman–Crippen LogP) is 2.14. The maximum atomic E-state index is 13.1. The number of nitrogens with zero attached hydrogens (tertiary/aromatic N) is 1. The molecule has 1 aliphatic heterocycles. The summed E-state index contributed by atoms with van der Waals surface area (Å²) < 4.78 is 16.2. The molecule has 140 valence electrons. The molecule has 1 aromatic rings. The fraction of sp³-hybridized carbons (Fsp3) is 0.611. The van der Waals surface area contributed by atoms with Crippen LogP contribution in [0.2, 0.25) is 0 Å². The number of thioether (sulfide) groups is 1. The molecule has 0 bridgehead atoms. The van der Waals surface area contributed by atoms with E-state index < -0.39 is 5.41 Å². The maximum Gasteiger partial charge on any atom is 0.230 e. The van der Waals surface area contributed by atoms with E-state index in [0.29, 0.717) is 50.6 Å². The molecule has 0 aliphatic carbocycles. The number of nitrogens with two attached hydrogens (primary N) is 1. The van der Waals surface area contributed by atoms with Gasteiger partial charge in [0.15, 0.2) is 11.5 Å². The molecule has 2 N–H and O–H groups in total. The lowest BCUT2D eigenvalue weighted by Gasteiger charge is -2.37. The van der Waals surface area contributed by atoms with E-state index in [4.69, 9.17) is 19.9 Å². The number of carbonyl (C=O) groups is 1. The fourth-order valence-electron chi connectivity index (χ4n) is 3.22. The SMILES string of the molecule is COc1cc(CN(C)C(=O)C2(CN)CCOCC2)c(SC)cc1OC. The van der Waals surface area contributed by atoms with Crippen LogP contribution in [0.25, 0.3) is 0 Å². The van der Waals surface area contributed by atoms with Crippen LogP contribution in [0.15, 0.2) is 17.0 Å². The van der Waals surface area contributed by atoms with Crippen molar-refractivity contribution < 1.29 is 19.0 Å². The third-order valence-corrected chi connectivity index (χ3v) is 5.65. The summed E-state index contributed by atoms with van der Waals surface area (Å²) in [4.78, 5) is 15.9. The van der Waals surface area contributed by atoms with Gasteiger partial charge in [0.2, 0.25) is 5.91 Å². The Balaban J connectivity index is 2.24. The first-order valence-electron chi connectivity index (χ1n) is 8.33. The molecule has 7 heteroatoms. The Morgan fingerprint density at radius 1 is 1.28 bits per heavy atom. The zero-order valence-electron chi connectivity index (χ0n) is 15.5. The summed E-state index contributed by atoms with van der Waals surface area (Å²) in [6.07, 6.45) is 3.36. The summed E-state index contributed by atoms with van der Waals surface area (Å²) in [6.45, 7) is 2.02. The molecule has 0 aromatic heterocycles. The molecule has 0 saturated carbocycles. The summed E-state index contributed by atoms with van der Waals surface area (Å²) in [5.74, 6) is 1.43. The lowest BCUT2D eigenvalue weighted by molar-refractivity contribution is -0.146. The zero-order chi connectivity index (χ0) is 18.4. The van der Waals surface area contributed by atoms with Gasteiger partial charge in [-0.05, 0) is 36.8 Å². The van der Waals surface area contributed by atoms with Crippen molar-refractivity contribution in [2.24, 2.45) is 11.1 Å². The Morgan fingerprint density at radius 2 is 1.88 bits per heavy atom. The number of rotatable bonds is 7. The average molecular weight is 368 g/mol. The van der Waals surface area contributed by atoms with Crippen molar-refractivity contribution in [1.29, 1.82) is 0 Å². The molecule has 0 spiro atoms. The van der Waals surface area contributed by atoms with Gasteiger partial charge < -0.3 is 24.8 Å². The van der Waals surface area contributed by atoms with E-state index in [1.807, 2.05) is 25.4 Å². The predicted molar refractivity (Wildman–Crippen MR) is 99.3 cm³/mol. The zero-order valence-corrected chi connectivity index (χ0v) is 16.3. The van der Waals surface area contributed by atoms with E-state index in [2.05, 4.69) is 0 Å². The quantitative estimate of drug-likeness (QED) is 0.744. The highest BCUT2D eigenvalue weighted by molar-refractivity contribution is 7.98. The minimum atomic E-state index is -0.511. The molecule has 1 aromatic carbocycles. The van der Waals surface area contributed by atoms with Gasteiger partial charge >= 0.3 is 0 Å². The van der Waals surface area contributed by atoms with E-state index >= 15 is 0 Å². The van der Waals surface area contributed by atoms with Crippen molar-refractivity contribution in [1.82, 2.24) is 4.90 Å². The smallest absolute Gasteiger partial charge is 0.230 e. The largest absolute Gasteiger partial charge is 0.493 e. The lowest BCUT2D eigenvalue weighted by Crippen LogP contribution is -2.49. The second kappa shape index (κ2) is 8.78. The normalized spacial score (nSPS) is 16.4. The fourth-order valence-corrected chi connectivity index (χ4v) is 3.83. The number of ether oxygens (including phenoxy) is 3. The second-order valence-electron chi connectivity index (χ2n) is 6.28. The summed E-state index contributed by atoms with van der Waals surface area (Å²) in [6, 6.07) is 3.89. The Morgan fingerprint density at radius 3 is 2.40 bits per heavy atom. The van der Waals surface area contributed by atoms with E-state index in [0.717, 1.165) is 10.5 Å². The second-order valence-corrected chi connectivity index (χ2v) is 7.13. The van der Waals surface area contributed by atoms with Crippen LogP contribution >= 0.6 is 11.8 Å². The Kier molecular flexibility index (Phi) is 6.98. The lowest BCUT2D eigenvalue weighted by atomic mass is 9.79. The highest BCUT2D eigenvalue weighted by Gasteiger charge is 2.40. The third-order valence-electron chi connectivity index (χ3n) is 4.84. The van der Waals surface area contributed by atoms with Gasteiger partial charge in [-0.15, -0.1) is 11.8 Å². The van der Waals surface area contributed by atoms with E-state index in [1.54, 1.807) is 30.9 Å². The minimum absolute atomic E-state index is 0.0835. The monoisotopic (exact) mass is 368 g/mol. The van der Waals surface area contributed by atoms with Crippen LogP contribution in [-0.2, 0) is 16.1 Å². The molecule has 2 rings (SSSR count). The summed E-state index contributed by atoms with van der Waals surface area (Å²) in [5, 5.41) is 0. The average Bonchev–Trinajstić information content (AvgIpc) is 2.67. The molecule has 1 aliphatic rings. The maximum absolute atomic E-state index is 13.1. The number of amides is 1. The molecular weight excluding hydrogens is 340 g/mol. The van der Waals surface area contributed by atoms with Crippen LogP contribution in [0.3, 0.4) is 0 Å². The van der Waals surface area contributed by atoms with E-state index in [-0.39, 0.29) is 5.91 Å². The first kappa shape index (κ1) is 19.9. The van der Waals surface area contributed by atoms with Gasteiger partial charge in [0.05, 0.1) is 19.6 Å². The van der Waals surface area contributed by atoms with Crippen LogP contribution in [0.4, 0.5) is 0 Å². The Hall–Kier alpha value is -1.44. The van der Waals surface area contributed by atoms with Crippen LogP contribution in [-0.4, -0.2) is 58.1 Å². The molecule has 25 heavy (non-hydrogen) atoms. The minimum Gasteiger partial charge on any atom is -0.493 e. The van der Waals surface area contributed by atoms with Crippen LogP contribution in [0.1, 0.15) is 18.4 Å². The Labute approximate surface area is 154 Å². The number of hydrogen-bond donors (Lipinski definition) is 1. The summed E-state index contributed by atoms with van der Waals surface area (Å²) in [5.41, 5.74) is 6.48. The molecular formula is C18H28N2O4S. The molecule has 6 nitrogen and oxygen atoms in total. The van der Waals surface area contributed by atoms with Gasteiger partial charge in [0.25, 0.3) is 0 Å². The van der Waals surface area contributed by atoms with Crippen molar-refractivity contribution in [2.45, 2.75) is 24.3 Å². The molecule has 1 heterocycles. The standard InChI is InChI=1S/C18H28N2O4S/c1-20(17(21)18(12-19)5-7-24-8-6-18)11-13-9-14(22-2)15(23-3)10-16(13)25-4/h9-10H,5-8,11-12,19H2,1-4H3. The molecule has 1 amide bonds. The highest BCUT2D eigenvalue weighted by atomic mass is 32.2. The highest BCUT2D eigenvalue weighted by Crippen LogP contribution is 2.36. The van der Waals surface area contributed by atoms with Crippen LogP contribution < -0.4 is 15.2 Å². The van der Waals surface area contributed by atoms with Crippen LogP contribution in [0, 0.1) is 5.41 Å². The molecule has 0 atom stereocenters. The van der Waals surface area contributed by atoms with Gasteiger partial charge in [0.1, 0.15) is 0 Å². The first-order chi connectivity index (χ1) is 12.0. The summed E-state index contributed by atoms with van der Waals surface area (Å²) in [7, 11) is 5.06. The molecule has 1 saturated heterocycles. The number of methoxy groups -OCH3 is 2. The van der Waals surface area contributed by atoms with Crippen molar-refractivity contribution in [2.75, 3.05) is 47.3 Å². The molecule has 0 unspecified atom stereocenters. The first-order valence-corrected chi connectivity index (χ1v) is 9.56. The van der Waals surface area contributed by atoms with Gasteiger partial charge in [0, 0.05) is 38.2 Å². The Bertz CT molecular complexity index is 603. The molecule has 0 radical (unpaired) electrons. The third kappa shape index (κ3) is 4.22. The number of benzene rings is 1. The van der Waals surface area contributed by atoms with Gasteiger partial charge in [-0.2, -0.15) is 0 Å². The van der Waals surface area contributed by atoms with Gasteiger partial charge in [-0.3, -0.25) is 4.79 Å². The summed E-state index contributed by atoms with van der Waals surface area (Å²) >= 11 is 1.62. The van der Waals surface area contributed by atoms with Crippen molar-refractivity contribution in [3.05, 3.63) is 17.7 Å². The van der Waals surface area contributed by atoms with Crippen molar-refractivity contribution >= 4 is 17.7 Å². The molecule has 1 fully saturated rings. The topological polar surface area (TPSA) is 74.0 Å². The van der Waals surface area contributed by atoms with E-state index in [1.165, 1.54) is 0 Å². The van der Waals surface area contributed by atoms with Crippen LogP contribution in [0.5, 0.6) is 11.5 Å². The van der Waals surface area contributed by atoms with Gasteiger partial charge in [-0.25, -0.2) is 0 Å². The number of carbonyl (C=O) groups excluding carboxylic acids is 1. The van der Waals surface area contributed by atoms with Gasteiger partial charge in [-0.1, -0.05) is 0 Å². The van der Waals surface area contributed by atoms with Crippen molar-refractivity contribution in [3.63, 3.8) is 0 Å². The van der Waals surface area contributed by atoms with Crippen molar-refractivity contribution in [3.8, 4) is 11.5 Å².